The average Bonchev–Trinajstić information content (AvgIpc) is 3.45. The lowest BCUT2D eigenvalue weighted by molar-refractivity contribution is 0.741. The highest BCUT2D eigenvalue weighted by atomic mass is 15.1. The molecule has 6 nitrogen and oxygen atoms in total. The molecule has 3 aromatic rings. The van der Waals surface area contributed by atoms with E-state index in [0.717, 1.165) is 62.4 Å². The van der Waals surface area contributed by atoms with Crippen LogP contribution in [0.4, 0.5) is 0 Å². The van der Waals surface area contributed by atoms with Gasteiger partial charge >= 0.3 is 0 Å². The summed E-state index contributed by atoms with van der Waals surface area (Å²) in [6.45, 7) is 5.71. The lowest BCUT2D eigenvalue weighted by atomic mass is 9.99. The number of benzene rings is 1. The van der Waals surface area contributed by atoms with Crippen LogP contribution in [0.15, 0.2) is 76.5 Å². The van der Waals surface area contributed by atoms with Crippen LogP contribution in [0.25, 0.3) is 17.6 Å². The molecular weight excluding hydrogens is 444 g/mol. The van der Waals surface area contributed by atoms with Gasteiger partial charge in [0.15, 0.2) is 5.82 Å². The predicted octanol–water partition coefficient (Wildman–Crippen LogP) is 5.89. The van der Waals surface area contributed by atoms with Gasteiger partial charge in [-0.3, -0.25) is 10.1 Å². The highest BCUT2D eigenvalue weighted by Crippen LogP contribution is 2.30. The van der Waals surface area contributed by atoms with E-state index >= 15 is 0 Å². The zero-order valence-electron chi connectivity index (χ0n) is 21.1. The summed E-state index contributed by atoms with van der Waals surface area (Å²) < 4.78 is 0. The number of hydrogen-bond acceptors (Lipinski definition) is 4. The number of nitrogens with one attached hydrogen (secondary N) is 3. The van der Waals surface area contributed by atoms with Gasteiger partial charge in [0.05, 0.1) is 5.69 Å². The van der Waals surface area contributed by atoms with E-state index in [1.165, 1.54) is 39.2 Å². The maximum atomic E-state index is 4.85. The lowest BCUT2D eigenvalue weighted by Crippen LogP contribution is -2.17. The van der Waals surface area contributed by atoms with Gasteiger partial charge in [0.25, 0.3) is 0 Å². The highest BCUT2D eigenvalue weighted by Gasteiger charge is 2.21. The first kappa shape index (κ1) is 23.9. The van der Waals surface area contributed by atoms with Crippen molar-refractivity contribution < 1.29 is 0 Å². The van der Waals surface area contributed by atoms with Gasteiger partial charge in [-0.2, -0.15) is 5.10 Å². The quantitative estimate of drug-likeness (QED) is 0.279. The number of hydrogen-bond donors (Lipinski definition) is 3. The summed E-state index contributed by atoms with van der Waals surface area (Å²) in [5.41, 5.74) is 10.6. The predicted molar refractivity (Wildman–Crippen MR) is 148 cm³/mol. The third-order valence-corrected chi connectivity index (χ3v) is 6.78. The van der Waals surface area contributed by atoms with Gasteiger partial charge in [-0.15, -0.1) is 0 Å². The van der Waals surface area contributed by atoms with Crippen LogP contribution in [-0.2, 0) is 25.8 Å². The van der Waals surface area contributed by atoms with E-state index in [1.54, 1.807) is 0 Å². The zero-order valence-corrected chi connectivity index (χ0v) is 21.1. The van der Waals surface area contributed by atoms with Crippen molar-refractivity contribution in [2.75, 3.05) is 6.54 Å². The fourth-order valence-electron chi connectivity index (χ4n) is 4.83. The second-order valence-electron chi connectivity index (χ2n) is 9.39. The van der Waals surface area contributed by atoms with Gasteiger partial charge in [0.1, 0.15) is 5.69 Å². The van der Waals surface area contributed by atoms with E-state index in [9.17, 15) is 0 Å². The van der Waals surface area contributed by atoms with Gasteiger partial charge in [-0.05, 0) is 67.9 Å². The second-order valence-corrected chi connectivity index (χ2v) is 9.39. The molecule has 2 aliphatic rings. The fourth-order valence-corrected chi connectivity index (χ4v) is 4.83. The van der Waals surface area contributed by atoms with Crippen molar-refractivity contribution in [1.29, 1.82) is 0 Å². The van der Waals surface area contributed by atoms with Crippen LogP contribution in [0.3, 0.4) is 0 Å². The molecule has 0 radical (unpaired) electrons. The molecule has 0 saturated carbocycles. The molecule has 184 valence electrons. The topological polar surface area (TPSA) is 81.8 Å². The Bertz CT molecular complexity index is 1350. The Balaban J connectivity index is 1.34. The van der Waals surface area contributed by atoms with Crippen molar-refractivity contribution >= 4 is 12.3 Å². The van der Waals surface area contributed by atoms with Crippen LogP contribution in [0.2, 0.25) is 0 Å². The van der Waals surface area contributed by atoms with Gasteiger partial charge in [-0.25, -0.2) is 4.98 Å². The van der Waals surface area contributed by atoms with E-state index in [-0.39, 0.29) is 0 Å². The summed E-state index contributed by atoms with van der Waals surface area (Å²) in [5, 5.41) is 11.5. The Morgan fingerprint density at radius 2 is 2.00 bits per heavy atom. The van der Waals surface area contributed by atoms with Crippen LogP contribution in [-0.4, -0.2) is 32.9 Å². The average molecular weight is 479 g/mol. The van der Waals surface area contributed by atoms with Crippen LogP contribution in [0, 0.1) is 0 Å². The Kier molecular flexibility index (Phi) is 7.52. The van der Waals surface area contributed by atoms with Crippen LogP contribution in [0.1, 0.15) is 54.9 Å². The molecular formula is C30H34N6. The van der Waals surface area contributed by atoms with Gasteiger partial charge in [0, 0.05) is 48.9 Å². The van der Waals surface area contributed by atoms with Crippen LogP contribution in [0.5, 0.6) is 0 Å². The number of aromatic amines is 2. The molecule has 0 saturated heterocycles. The number of nitrogens with zero attached hydrogens (tertiary/aromatic N) is 3. The first-order chi connectivity index (χ1) is 17.7. The molecule has 0 aliphatic heterocycles. The smallest absolute Gasteiger partial charge is 0.159 e. The summed E-state index contributed by atoms with van der Waals surface area (Å²) in [7, 11) is 0. The minimum Gasteiger partial charge on any atom is -0.340 e. The number of imidazole rings is 1. The molecule has 36 heavy (non-hydrogen) atoms. The van der Waals surface area contributed by atoms with Crippen LogP contribution >= 0.6 is 0 Å². The molecule has 0 atom stereocenters. The van der Waals surface area contributed by atoms with E-state index in [2.05, 4.69) is 81.0 Å². The number of fused-ring (bicyclic) bond motifs is 2. The molecule has 2 aromatic heterocycles. The van der Waals surface area contributed by atoms with Crippen molar-refractivity contribution in [3.63, 3.8) is 0 Å². The monoisotopic (exact) mass is 478 g/mol. The molecule has 0 amide bonds. The third-order valence-electron chi connectivity index (χ3n) is 6.78. The first-order valence-corrected chi connectivity index (χ1v) is 12.8. The van der Waals surface area contributed by atoms with Gasteiger partial charge in [0.2, 0.25) is 0 Å². The second kappa shape index (κ2) is 11.3. The number of H-pyrrole nitrogens is 2. The molecule has 0 fully saturated rings. The molecule has 0 unspecified atom stereocenters. The van der Waals surface area contributed by atoms with Crippen molar-refractivity contribution in [2.45, 2.75) is 52.5 Å². The molecule has 1 aromatic carbocycles. The first-order valence-electron chi connectivity index (χ1n) is 12.8. The summed E-state index contributed by atoms with van der Waals surface area (Å²) in [6.07, 6.45) is 17.6. The van der Waals surface area contributed by atoms with Crippen molar-refractivity contribution in [1.82, 2.24) is 25.5 Å². The maximum absolute atomic E-state index is 4.85. The number of allylic oxidation sites excluding steroid dienone is 4. The Hall–Kier alpha value is -3.77. The Labute approximate surface area is 213 Å². The zero-order chi connectivity index (χ0) is 24.7. The maximum Gasteiger partial charge on any atom is 0.159 e. The summed E-state index contributed by atoms with van der Waals surface area (Å²) >= 11 is 0. The van der Waals surface area contributed by atoms with E-state index in [4.69, 9.17) is 4.98 Å². The van der Waals surface area contributed by atoms with E-state index < -0.39 is 0 Å². The Morgan fingerprint density at radius 3 is 2.83 bits per heavy atom. The summed E-state index contributed by atoms with van der Waals surface area (Å²) in [4.78, 5) is 12.8. The SMILES string of the molecule is CC=N/C=C(CNCc1ccccc1)\C(C)=C\C1=CCCc2[nH]nc(-c3nc4c([nH]3)CCC=C4)c2C1. The molecule has 5 rings (SSSR count). The molecule has 6 heteroatoms. The van der Waals surface area contributed by atoms with Gasteiger partial charge < -0.3 is 10.3 Å². The van der Waals surface area contributed by atoms with Gasteiger partial charge in [-0.1, -0.05) is 48.6 Å². The number of aromatic nitrogens is 4. The van der Waals surface area contributed by atoms with Crippen LogP contribution < -0.4 is 5.32 Å². The number of aliphatic imine (C=N–C) groups is 1. The van der Waals surface area contributed by atoms with E-state index in [0.29, 0.717) is 0 Å². The van der Waals surface area contributed by atoms with Crippen molar-refractivity contribution in [3.05, 3.63) is 99.7 Å². The van der Waals surface area contributed by atoms with Crippen molar-refractivity contribution in [2.24, 2.45) is 4.99 Å². The number of rotatable bonds is 8. The molecule has 0 spiro atoms. The molecule has 3 N–H and O–H groups in total. The lowest BCUT2D eigenvalue weighted by Gasteiger charge is -2.11. The summed E-state index contributed by atoms with van der Waals surface area (Å²) in [6, 6.07) is 10.5. The molecule has 2 aliphatic carbocycles. The fraction of sp³-hybridized carbons (Fsp3) is 0.300. The largest absolute Gasteiger partial charge is 0.340 e. The standard InChI is InChI=1S/C30H34N6/c1-3-31-19-24(20-32-18-22-10-5-4-6-11-22)21(2)16-23-12-9-15-26-25(17-23)29(36-35-26)30-33-27-13-7-8-14-28(27)34-30/h3-7,10-13,16,19,32H,8-9,14-15,17-18,20H2,1-2H3,(H,33,34)(H,35,36)/b21-16+,24-19-,31-3?. The molecule has 0 bridgehead atoms. The third kappa shape index (κ3) is 5.55. The van der Waals surface area contributed by atoms with Crippen molar-refractivity contribution in [3.8, 4) is 11.5 Å². The minimum absolute atomic E-state index is 0.759. The normalized spacial score (nSPS) is 16.1. The Morgan fingerprint density at radius 1 is 1.14 bits per heavy atom. The minimum atomic E-state index is 0.759. The highest BCUT2D eigenvalue weighted by molar-refractivity contribution is 5.63. The summed E-state index contributed by atoms with van der Waals surface area (Å²) in [5.74, 6) is 0.869. The number of aryl methyl sites for hydroxylation is 2. The molecule has 2 heterocycles. The van der Waals surface area contributed by atoms with E-state index in [1.807, 2.05) is 25.4 Å².